The van der Waals surface area contributed by atoms with Crippen LogP contribution >= 0.6 is 0 Å². The summed E-state index contributed by atoms with van der Waals surface area (Å²) in [6.07, 6.45) is 1.01. The predicted molar refractivity (Wildman–Crippen MR) is 103 cm³/mol. The summed E-state index contributed by atoms with van der Waals surface area (Å²) in [5.74, 6) is -1.09. The highest BCUT2D eigenvalue weighted by molar-refractivity contribution is 6.04. The summed E-state index contributed by atoms with van der Waals surface area (Å²) in [6, 6.07) is 14.2. The summed E-state index contributed by atoms with van der Waals surface area (Å²) in [4.78, 5) is 38.2. The highest BCUT2D eigenvalue weighted by atomic mass is 16.5. The van der Waals surface area contributed by atoms with E-state index in [0.29, 0.717) is 17.8 Å². The van der Waals surface area contributed by atoms with Crippen LogP contribution in [0.5, 0.6) is 0 Å². The van der Waals surface area contributed by atoms with Crippen LogP contribution in [0, 0.1) is 5.92 Å². The standard InChI is InChI=1S/C21H22N2O4/c1-3-14-6-4-5-7-18(14)23-13-16(12-19(23)24)20(25)22-17-10-8-15(9-11-17)21(26)27-2/h4-11,16H,3,12-13H2,1-2H3,(H,22,25)/t16-/m1/s1. The largest absolute Gasteiger partial charge is 0.465 e. The van der Waals surface area contributed by atoms with Crippen LogP contribution < -0.4 is 10.2 Å². The topological polar surface area (TPSA) is 75.7 Å². The molecule has 6 heteroatoms. The smallest absolute Gasteiger partial charge is 0.337 e. The summed E-state index contributed by atoms with van der Waals surface area (Å²) in [5.41, 5.74) is 2.95. The van der Waals surface area contributed by atoms with Crippen molar-refractivity contribution in [1.82, 2.24) is 0 Å². The van der Waals surface area contributed by atoms with Gasteiger partial charge in [-0.05, 0) is 42.3 Å². The van der Waals surface area contributed by atoms with Crippen molar-refractivity contribution < 1.29 is 19.1 Å². The Bertz CT molecular complexity index is 861. The van der Waals surface area contributed by atoms with E-state index in [2.05, 4.69) is 10.1 Å². The molecule has 0 unspecified atom stereocenters. The minimum atomic E-state index is -0.431. The van der Waals surface area contributed by atoms with Crippen molar-refractivity contribution in [3.8, 4) is 0 Å². The van der Waals surface area contributed by atoms with Crippen LogP contribution in [0.4, 0.5) is 11.4 Å². The maximum Gasteiger partial charge on any atom is 0.337 e. The van der Waals surface area contributed by atoms with E-state index >= 15 is 0 Å². The number of hydrogen-bond acceptors (Lipinski definition) is 4. The molecule has 27 heavy (non-hydrogen) atoms. The Morgan fingerprint density at radius 1 is 1.15 bits per heavy atom. The maximum atomic E-state index is 12.6. The molecule has 0 aliphatic carbocycles. The van der Waals surface area contributed by atoms with Gasteiger partial charge in [0.2, 0.25) is 11.8 Å². The van der Waals surface area contributed by atoms with Gasteiger partial charge >= 0.3 is 5.97 Å². The van der Waals surface area contributed by atoms with E-state index in [9.17, 15) is 14.4 Å². The number of nitrogens with zero attached hydrogens (tertiary/aromatic N) is 1. The second-order valence-electron chi connectivity index (χ2n) is 6.45. The number of ether oxygens (including phenoxy) is 1. The molecular weight excluding hydrogens is 344 g/mol. The molecule has 6 nitrogen and oxygen atoms in total. The second-order valence-corrected chi connectivity index (χ2v) is 6.45. The van der Waals surface area contributed by atoms with Crippen LogP contribution in [0.25, 0.3) is 0 Å². The van der Waals surface area contributed by atoms with E-state index in [0.717, 1.165) is 17.7 Å². The Morgan fingerprint density at radius 3 is 2.52 bits per heavy atom. The highest BCUT2D eigenvalue weighted by Crippen LogP contribution is 2.29. The maximum absolute atomic E-state index is 12.6. The Morgan fingerprint density at radius 2 is 1.85 bits per heavy atom. The summed E-state index contributed by atoms with van der Waals surface area (Å²) in [6.45, 7) is 2.41. The zero-order valence-corrected chi connectivity index (χ0v) is 15.4. The molecule has 0 bridgehead atoms. The fraction of sp³-hybridized carbons (Fsp3) is 0.286. The molecule has 1 fully saturated rings. The van der Waals surface area contributed by atoms with Crippen molar-refractivity contribution in [3.63, 3.8) is 0 Å². The Kier molecular flexibility index (Phi) is 5.54. The molecule has 0 radical (unpaired) electrons. The van der Waals surface area contributed by atoms with Gasteiger partial charge in [-0.2, -0.15) is 0 Å². The van der Waals surface area contributed by atoms with Crippen LogP contribution in [0.2, 0.25) is 0 Å². The third-order valence-corrected chi connectivity index (χ3v) is 4.73. The molecule has 2 amide bonds. The van der Waals surface area contributed by atoms with Gasteiger partial charge in [0.15, 0.2) is 0 Å². The van der Waals surface area contributed by atoms with Gasteiger partial charge < -0.3 is 15.0 Å². The second kappa shape index (κ2) is 8.03. The van der Waals surface area contributed by atoms with Gasteiger partial charge in [-0.25, -0.2) is 4.79 Å². The first-order valence-corrected chi connectivity index (χ1v) is 8.91. The number of hydrogen-bond donors (Lipinski definition) is 1. The van der Waals surface area contributed by atoms with E-state index < -0.39 is 11.9 Å². The number of amides is 2. The molecule has 1 aliphatic heterocycles. The number of aryl methyl sites for hydroxylation is 1. The minimum Gasteiger partial charge on any atom is -0.465 e. The number of esters is 1. The fourth-order valence-electron chi connectivity index (χ4n) is 3.24. The van der Waals surface area contributed by atoms with Gasteiger partial charge in [-0.15, -0.1) is 0 Å². The van der Waals surface area contributed by atoms with Crippen molar-refractivity contribution in [3.05, 3.63) is 59.7 Å². The van der Waals surface area contributed by atoms with Gasteiger partial charge in [0.25, 0.3) is 0 Å². The van der Waals surface area contributed by atoms with E-state index in [1.807, 2.05) is 31.2 Å². The summed E-state index contributed by atoms with van der Waals surface area (Å²) < 4.78 is 4.65. The van der Waals surface area contributed by atoms with Gasteiger partial charge in [-0.3, -0.25) is 9.59 Å². The quantitative estimate of drug-likeness (QED) is 0.826. The zero-order chi connectivity index (χ0) is 19.4. The molecule has 1 aliphatic rings. The molecule has 0 saturated carbocycles. The Balaban J connectivity index is 1.68. The number of anilines is 2. The molecule has 1 heterocycles. The Hall–Kier alpha value is -3.15. The van der Waals surface area contributed by atoms with Crippen molar-refractivity contribution in [2.75, 3.05) is 23.9 Å². The van der Waals surface area contributed by atoms with Crippen LogP contribution in [-0.4, -0.2) is 31.4 Å². The molecule has 1 N–H and O–H groups in total. The molecule has 1 saturated heterocycles. The molecule has 2 aromatic rings. The van der Waals surface area contributed by atoms with Gasteiger partial charge in [0.1, 0.15) is 0 Å². The molecule has 0 aromatic heterocycles. The lowest BCUT2D eigenvalue weighted by Crippen LogP contribution is -2.28. The highest BCUT2D eigenvalue weighted by Gasteiger charge is 2.35. The third kappa shape index (κ3) is 4.00. The Labute approximate surface area is 158 Å². The third-order valence-electron chi connectivity index (χ3n) is 4.73. The molecule has 1 atom stereocenters. The lowest BCUT2D eigenvalue weighted by atomic mass is 10.1. The number of carbonyl (C=O) groups is 3. The van der Waals surface area contributed by atoms with Crippen molar-refractivity contribution in [2.45, 2.75) is 19.8 Å². The average Bonchev–Trinajstić information content (AvgIpc) is 3.09. The first kappa shape index (κ1) is 18.6. The SMILES string of the molecule is CCc1ccccc1N1C[C@H](C(=O)Nc2ccc(C(=O)OC)cc2)CC1=O. The lowest BCUT2D eigenvalue weighted by Gasteiger charge is -2.20. The van der Waals surface area contributed by atoms with Gasteiger partial charge in [0.05, 0.1) is 18.6 Å². The van der Waals surface area contributed by atoms with E-state index in [4.69, 9.17) is 0 Å². The molecular formula is C21H22N2O4. The molecule has 3 rings (SSSR count). The van der Waals surface area contributed by atoms with Crippen LogP contribution in [0.3, 0.4) is 0 Å². The van der Waals surface area contributed by atoms with E-state index in [1.165, 1.54) is 7.11 Å². The predicted octanol–water partition coefficient (Wildman–Crippen LogP) is 3.03. The fourth-order valence-corrected chi connectivity index (χ4v) is 3.24. The number of para-hydroxylation sites is 1. The average molecular weight is 366 g/mol. The summed E-state index contributed by atoms with van der Waals surface area (Å²) in [5, 5.41) is 2.82. The van der Waals surface area contributed by atoms with Gasteiger partial charge in [0, 0.05) is 24.3 Å². The monoisotopic (exact) mass is 366 g/mol. The molecule has 0 spiro atoms. The number of methoxy groups -OCH3 is 1. The number of nitrogens with one attached hydrogen (secondary N) is 1. The van der Waals surface area contributed by atoms with E-state index in [1.54, 1.807) is 29.2 Å². The van der Waals surface area contributed by atoms with Gasteiger partial charge in [-0.1, -0.05) is 25.1 Å². The first-order valence-electron chi connectivity index (χ1n) is 8.91. The normalized spacial score (nSPS) is 16.3. The number of carbonyl (C=O) groups excluding carboxylic acids is 3. The number of benzene rings is 2. The van der Waals surface area contributed by atoms with Crippen LogP contribution in [0.1, 0.15) is 29.3 Å². The molecule has 2 aromatic carbocycles. The lowest BCUT2D eigenvalue weighted by molar-refractivity contribution is -0.122. The summed E-state index contributed by atoms with van der Waals surface area (Å²) in [7, 11) is 1.32. The number of rotatable bonds is 5. The summed E-state index contributed by atoms with van der Waals surface area (Å²) >= 11 is 0. The van der Waals surface area contributed by atoms with Crippen molar-refractivity contribution in [1.29, 1.82) is 0 Å². The van der Waals surface area contributed by atoms with Crippen LogP contribution in [-0.2, 0) is 20.7 Å². The van der Waals surface area contributed by atoms with Crippen molar-refractivity contribution >= 4 is 29.2 Å². The van der Waals surface area contributed by atoms with Crippen molar-refractivity contribution in [2.24, 2.45) is 5.92 Å². The minimum absolute atomic E-state index is 0.0444. The van der Waals surface area contributed by atoms with E-state index in [-0.39, 0.29) is 18.2 Å². The van der Waals surface area contributed by atoms with Crippen LogP contribution in [0.15, 0.2) is 48.5 Å². The zero-order valence-electron chi connectivity index (χ0n) is 15.4. The first-order chi connectivity index (χ1) is 13.0. The molecule has 140 valence electrons.